The molecule has 0 aliphatic rings. The van der Waals surface area contributed by atoms with Crippen molar-refractivity contribution in [1.29, 1.82) is 5.26 Å². The van der Waals surface area contributed by atoms with Crippen LogP contribution in [0.3, 0.4) is 0 Å². The summed E-state index contributed by atoms with van der Waals surface area (Å²) in [6, 6.07) is 10.5. The molecule has 0 saturated carbocycles. The molecule has 1 rings (SSSR count). The Hall–Kier alpha value is -1.62. The van der Waals surface area contributed by atoms with Gasteiger partial charge in [-0.2, -0.15) is 5.26 Å². The Kier molecular flexibility index (Phi) is 3.04. The molecule has 60 valence electrons. The summed E-state index contributed by atoms with van der Waals surface area (Å²) < 4.78 is 13.0. The van der Waals surface area contributed by atoms with E-state index >= 15 is 0 Å². The number of nitrogens with zero attached hydrogens (tertiary/aromatic N) is 1. The first-order valence-electron chi connectivity index (χ1n) is 3.62. The molecule has 0 radical (unpaired) electrons. The minimum absolute atomic E-state index is 0.112. The second kappa shape index (κ2) is 4.30. The lowest BCUT2D eigenvalue weighted by molar-refractivity contribution is 0.756. The first-order chi connectivity index (χ1) is 5.84. The van der Waals surface area contributed by atoms with Gasteiger partial charge in [-0.15, -0.1) is 0 Å². The van der Waals surface area contributed by atoms with Crippen molar-refractivity contribution in [3.05, 3.63) is 42.0 Å². The van der Waals surface area contributed by atoms with Gasteiger partial charge in [-0.1, -0.05) is 30.3 Å². The predicted molar refractivity (Wildman–Crippen MR) is 45.8 cm³/mol. The molecular weight excluding hydrogens is 153 g/mol. The number of rotatable bonds is 2. The summed E-state index contributed by atoms with van der Waals surface area (Å²) in [5.41, 5.74) is 0.521. The molecule has 0 heterocycles. The first kappa shape index (κ1) is 8.48. The summed E-state index contributed by atoms with van der Waals surface area (Å²) in [4.78, 5) is 0. The van der Waals surface area contributed by atoms with Crippen LogP contribution in [0.15, 0.2) is 36.4 Å². The Morgan fingerprint density at radius 3 is 2.67 bits per heavy atom. The quantitative estimate of drug-likeness (QED) is 0.654. The Morgan fingerprint density at radius 1 is 1.42 bits per heavy atom. The molecule has 2 heteroatoms. The molecule has 0 fully saturated rings. The fourth-order valence-corrected chi connectivity index (χ4v) is 0.850. The lowest BCUT2D eigenvalue weighted by atomic mass is 10.2. The van der Waals surface area contributed by atoms with Crippen LogP contribution in [0.4, 0.5) is 4.39 Å². The van der Waals surface area contributed by atoms with Crippen LogP contribution in [-0.2, 0) is 0 Å². The molecule has 1 aromatic carbocycles. The largest absolute Gasteiger partial charge is 0.207 e. The van der Waals surface area contributed by atoms with Gasteiger partial charge in [-0.25, -0.2) is 4.39 Å². The van der Waals surface area contributed by atoms with Crippen LogP contribution in [-0.4, -0.2) is 0 Å². The molecule has 0 aliphatic carbocycles. The van der Waals surface area contributed by atoms with Crippen LogP contribution in [0.1, 0.15) is 12.0 Å². The van der Waals surface area contributed by atoms with Crippen LogP contribution in [0.25, 0.3) is 5.83 Å². The number of hydrogen-bond donors (Lipinski definition) is 0. The molecule has 0 spiro atoms. The molecular formula is C10H8FN. The van der Waals surface area contributed by atoms with E-state index < -0.39 is 0 Å². The maximum absolute atomic E-state index is 13.0. The van der Waals surface area contributed by atoms with Gasteiger partial charge in [-0.05, 0) is 6.08 Å². The number of nitriles is 1. The molecule has 0 atom stereocenters. The molecule has 0 amide bonds. The standard InChI is InChI=1S/C10H8FN/c11-10(7-4-8-12)9-5-2-1-3-6-9/h1-3,5-7H,4H2/b10-7-. The Bertz CT molecular complexity index is 308. The summed E-state index contributed by atoms with van der Waals surface area (Å²) in [5.74, 6) is -0.336. The van der Waals surface area contributed by atoms with E-state index in [0.717, 1.165) is 0 Å². The molecule has 12 heavy (non-hydrogen) atoms. The summed E-state index contributed by atoms with van der Waals surface area (Å²) in [5, 5.41) is 8.20. The van der Waals surface area contributed by atoms with Crippen molar-refractivity contribution in [1.82, 2.24) is 0 Å². The molecule has 1 aromatic rings. The summed E-state index contributed by atoms with van der Waals surface area (Å²) in [6.45, 7) is 0. The van der Waals surface area contributed by atoms with Crippen molar-refractivity contribution >= 4 is 5.83 Å². The maximum Gasteiger partial charge on any atom is 0.127 e. The summed E-state index contributed by atoms with van der Waals surface area (Å²) >= 11 is 0. The van der Waals surface area contributed by atoms with Gasteiger partial charge in [0.2, 0.25) is 0 Å². The van der Waals surface area contributed by atoms with Crippen molar-refractivity contribution in [2.24, 2.45) is 0 Å². The normalized spacial score (nSPS) is 10.8. The maximum atomic E-state index is 13.0. The van der Waals surface area contributed by atoms with Crippen molar-refractivity contribution in [2.45, 2.75) is 6.42 Å². The van der Waals surface area contributed by atoms with E-state index in [2.05, 4.69) is 0 Å². The Labute approximate surface area is 70.8 Å². The second-order valence-electron chi connectivity index (χ2n) is 2.28. The van der Waals surface area contributed by atoms with Crippen molar-refractivity contribution < 1.29 is 4.39 Å². The van der Waals surface area contributed by atoms with Crippen LogP contribution < -0.4 is 0 Å². The van der Waals surface area contributed by atoms with Crippen molar-refractivity contribution in [2.75, 3.05) is 0 Å². The molecule has 0 aromatic heterocycles. The predicted octanol–water partition coefficient (Wildman–Crippen LogP) is 2.91. The molecule has 0 N–H and O–H groups in total. The van der Waals surface area contributed by atoms with Gasteiger partial charge in [0.15, 0.2) is 0 Å². The average molecular weight is 161 g/mol. The van der Waals surface area contributed by atoms with Crippen molar-refractivity contribution in [3.8, 4) is 6.07 Å². The second-order valence-corrected chi connectivity index (χ2v) is 2.28. The SMILES string of the molecule is N#CC/C=C(\F)c1ccccc1. The van der Waals surface area contributed by atoms with Gasteiger partial charge in [0.1, 0.15) is 5.83 Å². The molecule has 0 aliphatic heterocycles. The van der Waals surface area contributed by atoms with E-state index in [-0.39, 0.29) is 12.2 Å². The Balaban J connectivity index is 2.79. The number of benzene rings is 1. The molecule has 0 unspecified atom stereocenters. The Morgan fingerprint density at radius 2 is 2.08 bits per heavy atom. The lowest BCUT2D eigenvalue weighted by Crippen LogP contribution is -1.75. The highest BCUT2D eigenvalue weighted by Gasteiger charge is 1.95. The number of allylic oxidation sites excluding steroid dienone is 1. The molecule has 1 nitrogen and oxygen atoms in total. The minimum Gasteiger partial charge on any atom is -0.207 e. The third-order valence-electron chi connectivity index (χ3n) is 1.42. The van der Waals surface area contributed by atoms with E-state index in [4.69, 9.17) is 5.26 Å². The van der Waals surface area contributed by atoms with Gasteiger partial charge in [-0.3, -0.25) is 0 Å². The van der Waals surface area contributed by atoms with Crippen LogP contribution in [0, 0.1) is 11.3 Å². The fraction of sp³-hybridized carbons (Fsp3) is 0.100. The van der Waals surface area contributed by atoms with Gasteiger partial charge in [0.05, 0.1) is 12.5 Å². The fourth-order valence-electron chi connectivity index (χ4n) is 0.850. The molecule has 0 bridgehead atoms. The van der Waals surface area contributed by atoms with Gasteiger partial charge < -0.3 is 0 Å². The zero-order valence-corrected chi connectivity index (χ0v) is 6.50. The van der Waals surface area contributed by atoms with E-state index in [9.17, 15) is 4.39 Å². The third kappa shape index (κ3) is 2.21. The van der Waals surface area contributed by atoms with Crippen LogP contribution >= 0.6 is 0 Å². The number of hydrogen-bond acceptors (Lipinski definition) is 1. The molecule has 0 saturated heterocycles. The van der Waals surface area contributed by atoms with Crippen molar-refractivity contribution in [3.63, 3.8) is 0 Å². The minimum atomic E-state index is -0.336. The summed E-state index contributed by atoms with van der Waals surface area (Å²) in [7, 11) is 0. The smallest absolute Gasteiger partial charge is 0.127 e. The van der Waals surface area contributed by atoms with E-state index in [1.807, 2.05) is 12.1 Å². The monoisotopic (exact) mass is 161 g/mol. The topological polar surface area (TPSA) is 23.8 Å². The van der Waals surface area contributed by atoms with Gasteiger partial charge >= 0.3 is 0 Å². The zero-order valence-electron chi connectivity index (χ0n) is 6.50. The highest BCUT2D eigenvalue weighted by Crippen LogP contribution is 2.14. The van der Waals surface area contributed by atoms with Gasteiger partial charge in [0.25, 0.3) is 0 Å². The highest BCUT2D eigenvalue weighted by molar-refractivity contribution is 5.58. The van der Waals surface area contributed by atoms with Crippen LogP contribution in [0.5, 0.6) is 0 Å². The van der Waals surface area contributed by atoms with Crippen LogP contribution in [0.2, 0.25) is 0 Å². The zero-order chi connectivity index (χ0) is 8.81. The lowest BCUT2D eigenvalue weighted by Gasteiger charge is -1.94. The van der Waals surface area contributed by atoms with E-state index in [1.165, 1.54) is 6.08 Å². The number of halogens is 1. The van der Waals surface area contributed by atoms with E-state index in [0.29, 0.717) is 5.56 Å². The average Bonchev–Trinajstić information content (AvgIpc) is 2.15. The first-order valence-corrected chi connectivity index (χ1v) is 3.62. The van der Waals surface area contributed by atoms with Gasteiger partial charge in [0, 0.05) is 5.56 Å². The summed E-state index contributed by atoms with van der Waals surface area (Å²) in [6.07, 6.45) is 1.38. The van der Waals surface area contributed by atoms with E-state index in [1.54, 1.807) is 24.3 Å². The third-order valence-corrected chi connectivity index (χ3v) is 1.42. The highest BCUT2D eigenvalue weighted by atomic mass is 19.1.